The molecule has 21 heavy (non-hydrogen) atoms. The number of carbonyl (C=O) groups is 1. The SMILES string of the molecule is CC(C)(C)OC(=O)NCCOCCOCCNOCCN. The molecule has 126 valence electrons. The predicted molar refractivity (Wildman–Crippen MR) is 78.9 cm³/mol. The lowest BCUT2D eigenvalue weighted by Crippen LogP contribution is -2.34. The molecule has 0 spiro atoms. The zero-order valence-corrected chi connectivity index (χ0v) is 13.3. The Labute approximate surface area is 126 Å². The van der Waals surface area contributed by atoms with Gasteiger partial charge in [-0.1, -0.05) is 0 Å². The summed E-state index contributed by atoms with van der Waals surface area (Å²) in [7, 11) is 0. The highest BCUT2D eigenvalue weighted by Crippen LogP contribution is 2.05. The molecule has 0 aliphatic rings. The van der Waals surface area contributed by atoms with Gasteiger partial charge in [-0.2, -0.15) is 0 Å². The Bertz CT molecular complexity index is 259. The molecule has 8 heteroatoms. The van der Waals surface area contributed by atoms with E-state index in [0.717, 1.165) is 0 Å². The number of nitrogens with one attached hydrogen (secondary N) is 2. The number of amides is 1. The van der Waals surface area contributed by atoms with Crippen molar-refractivity contribution < 1.29 is 23.8 Å². The summed E-state index contributed by atoms with van der Waals surface area (Å²) in [5, 5.41) is 2.61. The number of carbonyl (C=O) groups excluding carboxylic acids is 1. The van der Waals surface area contributed by atoms with E-state index < -0.39 is 11.7 Å². The summed E-state index contributed by atoms with van der Waals surface area (Å²) >= 11 is 0. The topological polar surface area (TPSA) is 104 Å². The molecular weight excluding hydrogens is 278 g/mol. The van der Waals surface area contributed by atoms with Crippen molar-refractivity contribution in [3.63, 3.8) is 0 Å². The van der Waals surface area contributed by atoms with Crippen LogP contribution in [0, 0.1) is 0 Å². The number of hydroxylamine groups is 1. The largest absolute Gasteiger partial charge is 0.444 e. The van der Waals surface area contributed by atoms with Gasteiger partial charge in [0.2, 0.25) is 0 Å². The van der Waals surface area contributed by atoms with Gasteiger partial charge < -0.3 is 30.1 Å². The maximum absolute atomic E-state index is 11.3. The van der Waals surface area contributed by atoms with E-state index in [1.807, 2.05) is 20.8 Å². The summed E-state index contributed by atoms with van der Waals surface area (Å²) < 4.78 is 15.7. The molecule has 4 N–H and O–H groups in total. The van der Waals surface area contributed by atoms with Gasteiger partial charge >= 0.3 is 6.09 Å². The van der Waals surface area contributed by atoms with Crippen LogP contribution >= 0.6 is 0 Å². The molecule has 0 saturated heterocycles. The maximum Gasteiger partial charge on any atom is 0.407 e. The van der Waals surface area contributed by atoms with Crippen LogP contribution in [0.4, 0.5) is 4.79 Å². The van der Waals surface area contributed by atoms with Crippen molar-refractivity contribution in [3.8, 4) is 0 Å². The second kappa shape index (κ2) is 12.8. The van der Waals surface area contributed by atoms with Gasteiger partial charge in [0.15, 0.2) is 0 Å². The molecule has 0 radical (unpaired) electrons. The van der Waals surface area contributed by atoms with Crippen molar-refractivity contribution in [1.82, 2.24) is 10.8 Å². The molecule has 0 heterocycles. The number of hydrogen-bond donors (Lipinski definition) is 3. The van der Waals surface area contributed by atoms with E-state index in [9.17, 15) is 4.79 Å². The average Bonchev–Trinajstić information content (AvgIpc) is 2.38. The van der Waals surface area contributed by atoms with Gasteiger partial charge in [-0.3, -0.25) is 0 Å². The van der Waals surface area contributed by atoms with Gasteiger partial charge in [0.1, 0.15) is 5.60 Å². The molecule has 1 amide bonds. The smallest absolute Gasteiger partial charge is 0.407 e. The van der Waals surface area contributed by atoms with Gasteiger partial charge in [0.05, 0.1) is 33.0 Å². The van der Waals surface area contributed by atoms with E-state index in [1.54, 1.807) is 0 Å². The van der Waals surface area contributed by atoms with Gasteiger partial charge in [0.25, 0.3) is 0 Å². The van der Waals surface area contributed by atoms with Crippen LogP contribution in [0.2, 0.25) is 0 Å². The maximum atomic E-state index is 11.3. The lowest BCUT2D eigenvalue weighted by molar-refractivity contribution is 0.00981. The second-order valence-electron chi connectivity index (χ2n) is 5.18. The zero-order chi connectivity index (χ0) is 16.0. The van der Waals surface area contributed by atoms with Crippen LogP contribution in [-0.4, -0.2) is 64.4 Å². The van der Waals surface area contributed by atoms with E-state index in [1.165, 1.54) is 0 Å². The molecule has 0 aliphatic carbocycles. The first-order chi connectivity index (χ1) is 9.95. The standard InChI is InChI=1S/C13H29N3O5/c1-13(2,3)21-12(17)15-5-8-18-10-11-19-9-6-16-20-7-4-14/h16H,4-11,14H2,1-3H3,(H,15,17). The Kier molecular flexibility index (Phi) is 12.2. The van der Waals surface area contributed by atoms with E-state index in [4.69, 9.17) is 24.8 Å². The Balaban J connectivity index is 3.17. The van der Waals surface area contributed by atoms with Crippen molar-refractivity contribution in [1.29, 1.82) is 0 Å². The third-order valence-electron chi connectivity index (χ3n) is 1.96. The summed E-state index contributed by atoms with van der Waals surface area (Å²) in [5.41, 5.74) is 7.49. The number of alkyl carbamates (subject to hydrolysis) is 1. The Morgan fingerprint density at radius 1 is 1.00 bits per heavy atom. The fourth-order valence-electron chi connectivity index (χ4n) is 1.18. The minimum absolute atomic E-state index is 0.406. The highest BCUT2D eigenvalue weighted by Gasteiger charge is 2.15. The molecule has 0 saturated carbocycles. The number of nitrogens with two attached hydrogens (primary N) is 1. The first-order valence-corrected chi connectivity index (χ1v) is 7.13. The highest BCUT2D eigenvalue weighted by molar-refractivity contribution is 5.67. The van der Waals surface area contributed by atoms with Crippen molar-refractivity contribution in [2.75, 3.05) is 52.7 Å². The van der Waals surface area contributed by atoms with E-state index in [0.29, 0.717) is 52.7 Å². The predicted octanol–water partition coefficient (Wildman–Crippen LogP) is 0.0242. The van der Waals surface area contributed by atoms with Crippen LogP contribution in [0.1, 0.15) is 20.8 Å². The lowest BCUT2D eigenvalue weighted by atomic mass is 10.2. The minimum atomic E-state index is -0.485. The number of hydrogen-bond acceptors (Lipinski definition) is 7. The van der Waals surface area contributed by atoms with Gasteiger partial charge in [-0.15, -0.1) is 0 Å². The van der Waals surface area contributed by atoms with E-state index in [2.05, 4.69) is 10.8 Å². The Morgan fingerprint density at radius 3 is 2.19 bits per heavy atom. The molecule has 0 unspecified atom stereocenters. The monoisotopic (exact) mass is 307 g/mol. The lowest BCUT2D eigenvalue weighted by Gasteiger charge is -2.19. The van der Waals surface area contributed by atoms with Crippen LogP contribution in [-0.2, 0) is 19.0 Å². The van der Waals surface area contributed by atoms with Crippen LogP contribution < -0.4 is 16.5 Å². The molecule has 0 aromatic rings. The quantitative estimate of drug-likeness (QED) is 0.345. The summed E-state index contributed by atoms with van der Waals surface area (Å²) in [6, 6.07) is 0. The van der Waals surface area contributed by atoms with Gasteiger partial charge in [-0.05, 0) is 20.8 Å². The first-order valence-electron chi connectivity index (χ1n) is 7.13. The van der Waals surface area contributed by atoms with Gasteiger partial charge in [0, 0.05) is 19.6 Å². The van der Waals surface area contributed by atoms with Crippen LogP contribution in [0.3, 0.4) is 0 Å². The molecule has 0 fully saturated rings. The summed E-state index contributed by atoms with van der Waals surface area (Å²) in [4.78, 5) is 16.3. The Hall–Kier alpha value is -0.930. The average molecular weight is 307 g/mol. The number of ether oxygens (including phenoxy) is 3. The molecule has 0 aromatic carbocycles. The fraction of sp³-hybridized carbons (Fsp3) is 0.923. The molecule has 0 atom stereocenters. The van der Waals surface area contributed by atoms with Crippen molar-refractivity contribution in [3.05, 3.63) is 0 Å². The molecular formula is C13H29N3O5. The third-order valence-corrected chi connectivity index (χ3v) is 1.96. The second-order valence-corrected chi connectivity index (χ2v) is 5.18. The van der Waals surface area contributed by atoms with E-state index >= 15 is 0 Å². The minimum Gasteiger partial charge on any atom is -0.444 e. The first kappa shape index (κ1) is 20.1. The zero-order valence-electron chi connectivity index (χ0n) is 13.3. The molecule has 0 aliphatic heterocycles. The summed E-state index contributed by atoms with van der Waals surface area (Å²) in [6.07, 6.45) is -0.439. The molecule has 0 aromatic heterocycles. The molecule has 0 rings (SSSR count). The molecule has 8 nitrogen and oxygen atoms in total. The van der Waals surface area contributed by atoms with E-state index in [-0.39, 0.29) is 0 Å². The van der Waals surface area contributed by atoms with Crippen LogP contribution in [0.25, 0.3) is 0 Å². The third kappa shape index (κ3) is 17.0. The van der Waals surface area contributed by atoms with Crippen molar-refractivity contribution in [2.24, 2.45) is 5.73 Å². The fourth-order valence-corrected chi connectivity index (χ4v) is 1.18. The number of rotatable bonds is 12. The van der Waals surface area contributed by atoms with Crippen LogP contribution in [0.15, 0.2) is 0 Å². The van der Waals surface area contributed by atoms with Crippen molar-refractivity contribution in [2.45, 2.75) is 26.4 Å². The van der Waals surface area contributed by atoms with Gasteiger partial charge in [-0.25, -0.2) is 10.3 Å². The normalized spacial score (nSPS) is 11.4. The molecule has 0 bridgehead atoms. The van der Waals surface area contributed by atoms with Crippen LogP contribution in [0.5, 0.6) is 0 Å². The Morgan fingerprint density at radius 2 is 1.62 bits per heavy atom. The summed E-state index contributed by atoms with van der Waals surface area (Å²) in [6.45, 7) is 9.33. The highest BCUT2D eigenvalue weighted by atomic mass is 16.6. The van der Waals surface area contributed by atoms with Crippen molar-refractivity contribution >= 4 is 6.09 Å². The summed E-state index contributed by atoms with van der Waals surface area (Å²) in [5.74, 6) is 0.